The Morgan fingerprint density at radius 3 is 2.64 bits per heavy atom. The van der Waals surface area contributed by atoms with Crippen LogP contribution in [0.1, 0.15) is 37.7 Å². The van der Waals surface area contributed by atoms with Gasteiger partial charge in [0.15, 0.2) is 0 Å². The molecule has 1 fully saturated rings. The van der Waals surface area contributed by atoms with Gasteiger partial charge in [0.1, 0.15) is 0 Å². The van der Waals surface area contributed by atoms with Crippen LogP contribution in [0, 0.1) is 5.92 Å². The second kappa shape index (κ2) is 8.18. The molecular formula is C17H22ClNO3. The molecule has 22 heavy (non-hydrogen) atoms. The van der Waals surface area contributed by atoms with E-state index in [1.807, 2.05) is 29.2 Å². The Morgan fingerprint density at radius 1 is 1.23 bits per heavy atom. The van der Waals surface area contributed by atoms with Crippen LogP contribution in [0.5, 0.6) is 0 Å². The molecule has 0 bridgehead atoms. The van der Waals surface area contributed by atoms with Gasteiger partial charge in [-0.3, -0.25) is 9.59 Å². The second-order valence-electron chi connectivity index (χ2n) is 5.91. The number of aliphatic carboxylic acids is 1. The molecule has 2 rings (SSSR count). The number of amides is 1. The molecule has 1 N–H and O–H groups in total. The highest BCUT2D eigenvalue weighted by atomic mass is 35.5. The van der Waals surface area contributed by atoms with Crippen LogP contribution in [0.2, 0.25) is 5.02 Å². The minimum absolute atomic E-state index is 0.162. The van der Waals surface area contributed by atoms with Crippen molar-refractivity contribution in [3.63, 3.8) is 0 Å². The number of aryl methyl sites for hydroxylation is 1. The molecule has 0 aromatic heterocycles. The van der Waals surface area contributed by atoms with Crippen LogP contribution in [0.3, 0.4) is 0 Å². The lowest BCUT2D eigenvalue weighted by atomic mass is 9.93. The Hall–Kier alpha value is -1.55. The van der Waals surface area contributed by atoms with Gasteiger partial charge in [0.2, 0.25) is 5.91 Å². The highest BCUT2D eigenvalue weighted by Gasteiger charge is 2.23. The summed E-state index contributed by atoms with van der Waals surface area (Å²) in [4.78, 5) is 24.9. The van der Waals surface area contributed by atoms with E-state index in [1.165, 1.54) is 0 Å². The van der Waals surface area contributed by atoms with Gasteiger partial charge in [0, 0.05) is 31.0 Å². The van der Waals surface area contributed by atoms with E-state index < -0.39 is 5.97 Å². The maximum Gasteiger partial charge on any atom is 0.303 e. The van der Waals surface area contributed by atoms with Gasteiger partial charge in [-0.15, -0.1) is 0 Å². The largest absolute Gasteiger partial charge is 0.481 e. The monoisotopic (exact) mass is 323 g/mol. The Balaban J connectivity index is 1.78. The van der Waals surface area contributed by atoms with Gasteiger partial charge < -0.3 is 10.0 Å². The standard InChI is InChI=1S/C17H22ClNO3/c18-15-7-3-13(4-8-15)5-9-16(20)19-11-1-2-14(12-19)6-10-17(21)22/h3-4,7-8,14H,1-2,5-6,9-12H2,(H,21,22)/t14-/m0/s1. The Labute approximate surface area is 136 Å². The first-order valence-corrected chi connectivity index (χ1v) is 8.16. The Bertz CT molecular complexity index is 515. The van der Waals surface area contributed by atoms with E-state index >= 15 is 0 Å². The zero-order valence-electron chi connectivity index (χ0n) is 12.6. The average molecular weight is 324 g/mol. The van der Waals surface area contributed by atoms with Crippen molar-refractivity contribution in [2.45, 2.75) is 38.5 Å². The van der Waals surface area contributed by atoms with E-state index in [1.54, 1.807) is 0 Å². The van der Waals surface area contributed by atoms with Crippen molar-refractivity contribution in [2.75, 3.05) is 13.1 Å². The fourth-order valence-electron chi connectivity index (χ4n) is 2.92. The maximum absolute atomic E-state index is 12.3. The number of benzene rings is 1. The van der Waals surface area contributed by atoms with Gasteiger partial charge in [-0.1, -0.05) is 23.7 Å². The molecule has 0 spiro atoms. The summed E-state index contributed by atoms with van der Waals surface area (Å²) in [6.45, 7) is 1.50. The highest BCUT2D eigenvalue weighted by molar-refractivity contribution is 6.30. The average Bonchev–Trinajstić information content (AvgIpc) is 2.52. The molecule has 1 amide bonds. The molecule has 0 radical (unpaired) electrons. The van der Waals surface area contributed by atoms with E-state index in [0.717, 1.165) is 24.9 Å². The fraction of sp³-hybridized carbons (Fsp3) is 0.529. The van der Waals surface area contributed by atoms with Crippen molar-refractivity contribution < 1.29 is 14.7 Å². The van der Waals surface area contributed by atoms with Crippen LogP contribution in [0.25, 0.3) is 0 Å². The van der Waals surface area contributed by atoms with Gasteiger partial charge in [-0.25, -0.2) is 0 Å². The summed E-state index contributed by atoms with van der Waals surface area (Å²) in [6, 6.07) is 7.57. The number of rotatable bonds is 6. The smallest absolute Gasteiger partial charge is 0.303 e. The summed E-state index contributed by atoms with van der Waals surface area (Å²) in [5.74, 6) is -0.273. The summed E-state index contributed by atoms with van der Waals surface area (Å²) < 4.78 is 0. The zero-order chi connectivity index (χ0) is 15.9. The predicted octanol–water partition coefficient (Wildman–Crippen LogP) is 3.38. The van der Waals surface area contributed by atoms with E-state index in [9.17, 15) is 9.59 Å². The van der Waals surface area contributed by atoms with Crippen molar-refractivity contribution >= 4 is 23.5 Å². The molecule has 120 valence electrons. The zero-order valence-corrected chi connectivity index (χ0v) is 13.4. The Kier molecular flexibility index (Phi) is 6.25. The lowest BCUT2D eigenvalue weighted by Gasteiger charge is -2.32. The minimum atomic E-state index is -0.758. The number of carboxylic acid groups (broad SMARTS) is 1. The lowest BCUT2D eigenvalue weighted by molar-refractivity contribution is -0.137. The van der Waals surface area contributed by atoms with Gasteiger partial charge in [-0.05, 0) is 49.3 Å². The highest BCUT2D eigenvalue weighted by Crippen LogP contribution is 2.22. The van der Waals surface area contributed by atoms with E-state index in [4.69, 9.17) is 16.7 Å². The first-order chi connectivity index (χ1) is 10.5. The predicted molar refractivity (Wildman–Crippen MR) is 85.9 cm³/mol. The molecule has 1 heterocycles. The minimum Gasteiger partial charge on any atom is -0.481 e. The fourth-order valence-corrected chi connectivity index (χ4v) is 3.04. The summed E-state index contributed by atoms with van der Waals surface area (Å²) in [5.41, 5.74) is 1.11. The second-order valence-corrected chi connectivity index (χ2v) is 6.34. The molecule has 0 aliphatic carbocycles. The molecule has 1 aliphatic rings. The van der Waals surface area contributed by atoms with Gasteiger partial charge in [0.25, 0.3) is 0 Å². The molecule has 4 nitrogen and oxygen atoms in total. The first-order valence-electron chi connectivity index (χ1n) is 7.78. The quantitative estimate of drug-likeness (QED) is 0.873. The van der Waals surface area contributed by atoms with Crippen molar-refractivity contribution in [3.8, 4) is 0 Å². The van der Waals surface area contributed by atoms with E-state index in [-0.39, 0.29) is 12.3 Å². The molecule has 1 atom stereocenters. The molecule has 0 saturated carbocycles. The molecule has 0 unspecified atom stereocenters. The van der Waals surface area contributed by atoms with Gasteiger partial charge in [0.05, 0.1) is 0 Å². The summed E-state index contributed by atoms with van der Waals surface area (Å²) in [5, 5.41) is 9.46. The van der Waals surface area contributed by atoms with Gasteiger partial charge in [-0.2, -0.15) is 0 Å². The summed E-state index contributed by atoms with van der Waals surface area (Å²) in [6.07, 6.45) is 4.05. The first kappa shape index (κ1) is 16.8. The number of likely N-dealkylation sites (tertiary alicyclic amines) is 1. The molecule has 1 saturated heterocycles. The topological polar surface area (TPSA) is 57.6 Å². The SMILES string of the molecule is O=C(O)CC[C@@H]1CCCN(C(=O)CCc2ccc(Cl)cc2)C1. The van der Waals surface area contributed by atoms with E-state index in [0.29, 0.717) is 36.7 Å². The third kappa shape index (κ3) is 5.34. The van der Waals surface area contributed by atoms with Crippen molar-refractivity contribution in [1.82, 2.24) is 4.90 Å². The summed E-state index contributed by atoms with van der Waals surface area (Å²) >= 11 is 5.85. The molecule has 1 aliphatic heterocycles. The van der Waals surface area contributed by atoms with Gasteiger partial charge >= 0.3 is 5.97 Å². The van der Waals surface area contributed by atoms with Crippen LogP contribution in [-0.2, 0) is 16.0 Å². The van der Waals surface area contributed by atoms with Crippen LogP contribution in [-0.4, -0.2) is 35.0 Å². The van der Waals surface area contributed by atoms with E-state index in [2.05, 4.69) is 0 Å². The number of carbonyl (C=O) groups is 2. The Morgan fingerprint density at radius 2 is 1.95 bits per heavy atom. The number of piperidine rings is 1. The third-order valence-electron chi connectivity index (χ3n) is 4.18. The van der Waals surface area contributed by atoms with Crippen LogP contribution < -0.4 is 0 Å². The number of carbonyl (C=O) groups excluding carboxylic acids is 1. The van der Waals surface area contributed by atoms with Crippen molar-refractivity contribution in [1.29, 1.82) is 0 Å². The maximum atomic E-state index is 12.3. The lowest BCUT2D eigenvalue weighted by Crippen LogP contribution is -2.40. The number of nitrogens with zero attached hydrogens (tertiary/aromatic N) is 1. The number of hydrogen-bond acceptors (Lipinski definition) is 2. The van der Waals surface area contributed by atoms with Crippen molar-refractivity contribution in [2.24, 2.45) is 5.92 Å². The normalized spacial score (nSPS) is 18.2. The molecule has 1 aromatic rings. The molecular weight excluding hydrogens is 302 g/mol. The van der Waals surface area contributed by atoms with Crippen molar-refractivity contribution in [3.05, 3.63) is 34.9 Å². The van der Waals surface area contributed by atoms with Crippen LogP contribution >= 0.6 is 11.6 Å². The number of halogens is 1. The molecule has 5 heteroatoms. The third-order valence-corrected chi connectivity index (χ3v) is 4.43. The van der Waals surface area contributed by atoms with Crippen LogP contribution in [0.15, 0.2) is 24.3 Å². The molecule has 1 aromatic carbocycles. The van der Waals surface area contributed by atoms with Crippen LogP contribution in [0.4, 0.5) is 0 Å². The number of carboxylic acids is 1. The number of hydrogen-bond donors (Lipinski definition) is 1. The summed E-state index contributed by atoms with van der Waals surface area (Å²) in [7, 11) is 0.